The van der Waals surface area contributed by atoms with Crippen LogP contribution >= 0.6 is 11.6 Å². The van der Waals surface area contributed by atoms with E-state index in [0.29, 0.717) is 42.0 Å². The number of carbonyl (C=O) groups excluding carboxylic acids is 3. The van der Waals surface area contributed by atoms with Gasteiger partial charge in [-0.3, -0.25) is 4.79 Å². The Balaban J connectivity index is 0.000000344. The lowest BCUT2D eigenvalue weighted by molar-refractivity contribution is -0.107. The number of carbonyl (C=O) groups is 3. The van der Waals surface area contributed by atoms with Crippen molar-refractivity contribution in [1.82, 2.24) is 30.8 Å². The van der Waals surface area contributed by atoms with E-state index in [4.69, 9.17) is 16.3 Å². The molecular formula is C27H35ClF3N7O5. The zero-order chi connectivity index (χ0) is 32.3. The number of ether oxygens (including phenoxy) is 1. The van der Waals surface area contributed by atoms with E-state index in [1.54, 1.807) is 44.6 Å². The normalized spacial score (nSPS) is 13.9. The minimum absolute atomic E-state index is 0.122. The maximum Gasteiger partial charge on any atom is 0.318 e. The Morgan fingerprint density at radius 3 is 2.44 bits per heavy atom. The highest BCUT2D eigenvalue weighted by atomic mass is 35.5. The molecule has 1 saturated heterocycles. The van der Waals surface area contributed by atoms with Crippen LogP contribution in [0.2, 0.25) is 5.02 Å². The van der Waals surface area contributed by atoms with E-state index < -0.39 is 31.1 Å². The van der Waals surface area contributed by atoms with Crippen molar-refractivity contribution in [2.24, 2.45) is 0 Å². The van der Waals surface area contributed by atoms with Gasteiger partial charge in [0.1, 0.15) is 23.6 Å². The molecule has 2 aromatic heterocycles. The van der Waals surface area contributed by atoms with Crippen molar-refractivity contribution >= 4 is 36.0 Å². The molecule has 3 N–H and O–H groups in total. The van der Waals surface area contributed by atoms with Gasteiger partial charge in [0.25, 0.3) is 5.92 Å². The van der Waals surface area contributed by atoms with Crippen molar-refractivity contribution in [1.29, 1.82) is 0 Å². The molecule has 1 aromatic carbocycles. The molecule has 0 saturated carbocycles. The van der Waals surface area contributed by atoms with Crippen LogP contribution in [-0.2, 0) is 16.0 Å². The third-order valence-electron chi connectivity index (χ3n) is 5.43. The summed E-state index contributed by atoms with van der Waals surface area (Å²) in [5, 5.41) is 14.7. The summed E-state index contributed by atoms with van der Waals surface area (Å²) in [6, 6.07) is 8.39. The molecule has 1 atom stereocenters. The zero-order valence-corrected chi connectivity index (χ0v) is 24.9. The lowest BCUT2D eigenvalue weighted by Crippen LogP contribution is -2.58. The fraction of sp³-hybridized carbons (Fsp3) is 0.407. The molecule has 43 heavy (non-hydrogen) atoms. The quantitative estimate of drug-likeness (QED) is 0.298. The van der Waals surface area contributed by atoms with Crippen LogP contribution in [0.1, 0.15) is 34.7 Å². The van der Waals surface area contributed by atoms with Crippen molar-refractivity contribution in [2.75, 3.05) is 52.8 Å². The number of aryl methyl sites for hydroxylation is 1. The molecule has 2 amide bonds. The molecule has 12 nitrogen and oxygen atoms in total. The van der Waals surface area contributed by atoms with E-state index in [0.717, 1.165) is 11.2 Å². The van der Waals surface area contributed by atoms with Crippen molar-refractivity contribution in [2.45, 2.75) is 25.3 Å². The van der Waals surface area contributed by atoms with Gasteiger partial charge < -0.3 is 30.4 Å². The van der Waals surface area contributed by atoms with Crippen molar-refractivity contribution in [3.05, 3.63) is 70.4 Å². The number of pyridine rings is 1. The Morgan fingerprint density at radius 1 is 1.23 bits per heavy atom. The van der Waals surface area contributed by atoms with Crippen LogP contribution in [0.5, 0.6) is 0 Å². The third-order valence-corrected chi connectivity index (χ3v) is 5.74. The maximum atomic E-state index is 13.6. The molecular weight excluding hydrogens is 595 g/mol. The molecule has 1 unspecified atom stereocenters. The van der Waals surface area contributed by atoms with Gasteiger partial charge in [0, 0.05) is 20.4 Å². The largest absolute Gasteiger partial charge is 0.382 e. The lowest BCUT2D eigenvalue weighted by Gasteiger charge is -2.38. The predicted molar refractivity (Wildman–Crippen MR) is 154 cm³/mol. The summed E-state index contributed by atoms with van der Waals surface area (Å²) in [6.07, 6.45) is 3.69. The average Bonchev–Trinajstić information content (AvgIpc) is 3.48. The van der Waals surface area contributed by atoms with Crippen LogP contribution in [-0.4, -0.2) is 92.2 Å². The topological polar surface area (TPSA) is 152 Å². The van der Waals surface area contributed by atoms with Gasteiger partial charge in [0.2, 0.25) is 0 Å². The Labute approximate surface area is 252 Å². The average molecular weight is 630 g/mol. The van der Waals surface area contributed by atoms with E-state index in [-0.39, 0.29) is 17.4 Å². The van der Waals surface area contributed by atoms with Gasteiger partial charge in [0.05, 0.1) is 37.3 Å². The highest BCUT2D eigenvalue weighted by Crippen LogP contribution is 2.28. The van der Waals surface area contributed by atoms with Crippen LogP contribution in [0.25, 0.3) is 0 Å². The standard InChI is InChI=1S/C13H18F2N4O2.C6H4ClF.C5H6N2O2.C3H7NO/c1-16-11-5-9(3-4-17-11)10(6-21-2)19-8-13(14,15)7-18-12(19)20;7-5-3-1-2-4-6(5)8;1-2-4-5(3-8)7-9-6-4;1-4-2-3-5/h3-5,10H,6-8H2,1-2H3,(H,16,17)(H,18,20);1-4H;3H,2H2,1H3;3-4H,2H2,1H3. The predicted octanol–water partition coefficient (Wildman–Crippen LogP) is 3.80. The Bertz CT molecular complexity index is 1250. The molecule has 0 bridgehead atoms. The molecule has 3 aromatic rings. The summed E-state index contributed by atoms with van der Waals surface area (Å²) < 4.78 is 48.7. The van der Waals surface area contributed by atoms with Gasteiger partial charge in [0.15, 0.2) is 12.0 Å². The number of methoxy groups -OCH3 is 1. The summed E-state index contributed by atoms with van der Waals surface area (Å²) in [4.78, 5) is 36.5. The number of nitrogens with one attached hydrogen (secondary N) is 3. The first-order chi connectivity index (χ1) is 20.6. The van der Waals surface area contributed by atoms with Crippen LogP contribution in [0.4, 0.5) is 23.8 Å². The SMILES string of the molecule is CCc1nonc1C=O.CNCC=O.CNc1cc(C(COC)N2CC(F)(F)CNC2=O)ccn1.Fc1ccccc1Cl. The first-order valence-electron chi connectivity index (χ1n) is 12.9. The number of likely N-dealkylation sites (N-methyl/N-ethyl adjacent to an activating group) is 1. The molecule has 3 heterocycles. The highest BCUT2D eigenvalue weighted by Gasteiger charge is 2.42. The third kappa shape index (κ3) is 13.2. The summed E-state index contributed by atoms with van der Waals surface area (Å²) >= 11 is 5.33. The van der Waals surface area contributed by atoms with Gasteiger partial charge >= 0.3 is 6.03 Å². The molecule has 1 aliphatic heterocycles. The van der Waals surface area contributed by atoms with Crippen molar-refractivity contribution in [3.63, 3.8) is 0 Å². The van der Waals surface area contributed by atoms with Gasteiger partial charge in [-0.25, -0.2) is 27.6 Å². The van der Waals surface area contributed by atoms with E-state index >= 15 is 0 Å². The van der Waals surface area contributed by atoms with Crippen LogP contribution in [0.15, 0.2) is 47.2 Å². The van der Waals surface area contributed by atoms with E-state index in [9.17, 15) is 27.6 Å². The molecule has 1 fully saturated rings. The van der Waals surface area contributed by atoms with Crippen LogP contribution in [0.3, 0.4) is 0 Å². The summed E-state index contributed by atoms with van der Waals surface area (Å²) in [7, 11) is 4.90. The summed E-state index contributed by atoms with van der Waals surface area (Å²) in [5.41, 5.74) is 1.60. The Kier molecular flexibility index (Phi) is 17.1. The number of halogens is 4. The highest BCUT2D eigenvalue weighted by molar-refractivity contribution is 6.30. The summed E-state index contributed by atoms with van der Waals surface area (Å²) in [6.45, 7) is 1.19. The molecule has 236 valence electrons. The molecule has 4 rings (SSSR count). The second kappa shape index (κ2) is 19.9. The monoisotopic (exact) mass is 629 g/mol. The fourth-order valence-electron chi connectivity index (χ4n) is 3.32. The van der Waals surface area contributed by atoms with E-state index in [1.807, 2.05) is 6.92 Å². The molecule has 0 radical (unpaired) electrons. The number of anilines is 1. The van der Waals surface area contributed by atoms with Crippen molar-refractivity contribution in [3.8, 4) is 0 Å². The number of benzene rings is 1. The van der Waals surface area contributed by atoms with Crippen LogP contribution in [0, 0.1) is 5.82 Å². The van der Waals surface area contributed by atoms with Gasteiger partial charge in [-0.05, 0) is 48.5 Å². The summed E-state index contributed by atoms with van der Waals surface area (Å²) in [5.74, 6) is -2.73. The second-order valence-corrected chi connectivity index (χ2v) is 8.95. The number of alkyl halides is 2. The van der Waals surface area contributed by atoms with Gasteiger partial charge in [-0.15, -0.1) is 0 Å². The van der Waals surface area contributed by atoms with Crippen molar-refractivity contribution < 1.29 is 36.9 Å². The second-order valence-electron chi connectivity index (χ2n) is 8.54. The minimum Gasteiger partial charge on any atom is -0.382 e. The Hall–Kier alpha value is -4.08. The number of hydrogen-bond acceptors (Lipinski definition) is 10. The zero-order valence-electron chi connectivity index (χ0n) is 24.2. The number of rotatable bonds is 9. The lowest BCUT2D eigenvalue weighted by atomic mass is 10.1. The molecule has 0 spiro atoms. The van der Waals surface area contributed by atoms with Gasteiger partial charge in [-0.1, -0.05) is 35.8 Å². The Morgan fingerprint density at radius 2 is 1.95 bits per heavy atom. The van der Waals surface area contributed by atoms with Crippen LogP contribution < -0.4 is 16.0 Å². The number of amides is 2. The van der Waals surface area contributed by atoms with Gasteiger partial charge in [-0.2, -0.15) is 0 Å². The fourth-order valence-corrected chi connectivity index (χ4v) is 3.46. The van der Waals surface area contributed by atoms with E-state index in [2.05, 4.69) is 35.9 Å². The smallest absolute Gasteiger partial charge is 0.318 e. The first-order valence-corrected chi connectivity index (χ1v) is 13.2. The van der Waals surface area contributed by atoms with E-state index in [1.165, 1.54) is 19.2 Å². The minimum atomic E-state index is -2.96. The molecule has 1 aliphatic rings. The number of aldehydes is 2. The maximum absolute atomic E-state index is 13.6. The molecule has 0 aliphatic carbocycles. The number of aromatic nitrogens is 3. The number of nitrogens with zero attached hydrogens (tertiary/aromatic N) is 4. The number of urea groups is 1. The number of hydrogen-bond donors (Lipinski definition) is 3. The molecule has 16 heteroatoms. The first kappa shape index (κ1) is 36.9.